The number of ether oxygens (including phenoxy) is 1. The van der Waals surface area contributed by atoms with Crippen LogP contribution in [0.4, 0.5) is 0 Å². The summed E-state index contributed by atoms with van der Waals surface area (Å²) in [5.74, 6) is -0.132. The van der Waals surface area contributed by atoms with E-state index >= 15 is 0 Å². The molecule has 0 saturated carbocycles. The Kier molecular flexibility index (Phi) is 5.33. The van der Waals surface area contributed by atoms with Crippen LogP contribution in [0.25, 0.3) is 0 Å². The molecule has 0 aromatic rings. The van der Waals surface area contributed by atoms with E-state index in [4.69, 9.17) is 4.74 Å². The van der Waals surface area contributed by atoms with Gasteiger partial charge in [-0.15, -0.1) is 0 Å². The molecular formula is C21H32N4O5. The molecule has 0 bridgehead atoms. The van der Waals surface area contributed by atoms with Crippen molar-refractivity contribution in [2.45, 2.75) is 62.3 Å². The molecule has 1 N–H and O–H groups in total. The zero-order valence-corrected chi connectivity index (χ0v) is 17.5. The number of nitrogens with zero attached hydrogens (tertiary/aromatic N) is 4. The van der Waals surface area contributed by atoms with Gasteiger partial charge in [-0.1, -0.05) is 0 Å². The highest BCUT2D eigenvalue weighted by Crippen LogP contribution is 2.42. The lowest BCUT2D eigenvalue weighted by Gasteiger charge is -2.60. The van der Waals surface area contributed by atoms with Crippen molar-refractivity contribution >= 4 is 17.7 Å². The summed E-state index contributed by atoms with van der Waals surface area (Å²) < 4.78 is 5.47. The number of imide groups is 1. The number of piperazine rings is 1. The van der Waals surface area contributed by atoms with Crippen molar-refractivity contribution in [1.82, 2.24) is 19.6 Å². The van der Waals surface area contributed by atoms with Crippen molar-refractivity contribution < 1.29 is 24.2 Å². The van der Waals surface area contributed by atoms with Crippen LogP contribution in [0.15, 0.2) is 0 Å². The summed E-state index contributed by atoms with van der Waals surface area (Å²) in [5, 5.41) is 10.3. The summed E-state index contributed by atoms with van der Waals surface area (Å²) in [5.41, 5.74) is -0.697. The van der Waals surface area contributed by atoms with Crippen molar-refractivity contribution in [3.63, 3.8) is 0 Å². The van der Waals surface area contributed by atoms with Crippen LogP contribution < -0.4 is 0 Å². The molecule has 0 radical (unpaired) electrons. The third-order valence-electron chi connectivity index (χ3n) is 7.64. The first-order valence-electron chi connectivity index (χ1n) is 11.4. The van der Waals surface area contributed by atoms with Crippen LogP contribution in [-0.4, -0.2) is 119 Å². The van der Waals surface area contributed by atoms with E-state index in [0.29, 0.717) is 58.0 Å². The van der Waals surface area contributed by atoms with Gasteiger partial charge in [0.1, 0.15) is 5.54 Å². The summed E-state index contributed by atoms with van der Waals surface area (Å²) in [7, 11) is 0. The number of carbonyl (C=O) groups excluding carboxylic acids is 3. The maximum absolute atomic E-state index is 13.6. The average molecular weight is 421 g/mol. The van der Waals surface area contributed by atoms with Gasteiger partial charge >= 0.3 is 0 Å². The highest BCUT2D eigenvalue weighted by molar-refractivity contribution is 6.06. The van der Waals surface area contributed by atoms with E-state index in [9.17, 15) is 19.5 Å². The van der Waals surface area contributed by atoms with Crippen molar-refractivity contribution in [1.29, 1.82) is 0 Å². The number of aliphatic hydroxyl groups excluding tert-OH is 1. The van der Waals surface area contributed by atoms with Gasteiger partial charge in [0.2, 0.25) is 11.8 Å². The molecule has 5 aliphatic heterocycles. The first kappa shape index (κ1) is 20.4. The van der Waals surface area contributed by atoms with E-state index in [1.165, 1.54) is 4.90 Å². The van der Waals surface area contributed by atoms with Crippen LogP contribution in [0.2, 0.25) is 0 Å². The van der Waals surface area contributed by atoms with E-state index in [1.807, 2.05) is 9.80 Å². The number of likely N-dealkylation sites (tertiary alicyclic amines) is 2. The predicted octanol–water partition coefficient (Wildman–Crippen LogP) is -0.964. The molecular weight excluding hydrogens is 388 g/mol. The van der Waals surface area contributed by atoms with Gasteiger partial charge in [-0.3, -0.25) is 29.1 Å². The van der Waals surface area contributed by atoms with Crippen molar-refractivity contribution in [2.75, 3.05) is 52.5 Å². The van der Waals surface area contributed by atoms with Crippen LogP contribution in [-0.2, 0) is 19.1 Å². The third-order valence-corrected chi connectivity index (χ3v) is 7.64. The second-order valence-corrected chi connectivity index (χ2v) is 9.47. The van der Waals surface area contributed by atoms with E-state index in [0.717, 1.165) is 39.0 Å². The first-order chi connectivity index (χ1) is 14.5. The molecule has 5 heterocycles. The fourth-order valence-electron chi connectivity index (χ4n) is 6.00. The Hall–Kier alpha value is -1.55. The molecule has 1 spiro atoms. The Morgan fingerprint density at radius 3 is 2.57 bits per heavy atom. The average Bonchev–Trinajstić information content (AvgIpc) is 3.30. The van der Waals surface area contributed by atoms with Crippen LogP contribution in [0.5, 0.6) is 0 Å². The number of carbonyl (C=O) groups is 3. The van der Waals surface area contributed by atoms with Crippen molar-refractivity contribution in [3.05, 3.63) is 0 Å². The van der Waals surface area contributed by atoms with Gasteiger partial charge in [-0.05, 0) is 32.1 Å². The molecule has 0 aromatic heterocycles. The number of hydrogen-bond acceptors (Lipinski definition) is 7. The fraction of sp³-hybridized carbons (Fsp3) is 0.857. The first-order valence-corrected chi connectivity index (χ1v) is 11.4. The molecule has 30 heavy (non-hydrogen) atoms. The van der Waals surface area contributed by atoms with Gasteiger partial charge in [0, 0.05) is 64.9 Å². The van der Waals surface area contributed by atoms with Gasteiger partial charge in [0.25, 0.3) is 5.91 Å². The lowest BCUT2D eigenvalue weighted by atomic mass is 9.80. The molecule has 0 aromatic carbocycles. The maximum atomic E-state index is 13.6. The molecule has 5 rings (SSSR count). The summed E-state index contributed by atoms with van der Waals surface area (Å²) >= 11 is 0. The Morgan fingerprint density at radius 1 is 1.10 bits per heavy atom. The van der Waals surface area contributed by atoms with E-state index in [1.54, 1.807) is 0 Å². The predicted molar refractivity (Wildman–Crippen MR) is 106 cm³/mol. The van der Waals surface area contributed by atoms with Crippen molar-refractivity contribution in [2.24, 2.45) is 0 Å². The SMILES string of the molecule is O=C1CCCN1CCCN1C(=O)C2CC(O)CN2C2(CN(C3CCOCC3)C2)C1=O. The second-order valence-electron chi connectivity index (χ2n) is 9.47. The van der Waals surface area contributed by atoms with E-state index in [2.05, 4.69) is 4.90 Å². The zero-order chi connectivity index (χ0) is 20.9. The minimum absolute atomic E-state index is 0.117. The molecule has 5 fully saturated rings. The summed E-state index contributed by atoms with van der Waals surface area (Å²) in [4.78, 5) is 46.1. The smallest absolute Gasteiger partial charge is 0.252 e. The number of rotatable bonds is 5. The maximum Gasteiger partial charge on any atom is 0.252 e. The Balaban J connectivity index is 1.28. The third kappa shape index (κ3) is 3.26. The van der Waals surface area contributed by atoms with E-state index < -0.39 is 17.7 Å². The monoisotopic (exact) mass is 420 g/mol. The van der Waals surface area contributed by atoms with Crippen LogP contribution in [0.1, 0.15) is 38.5 Å². The molecule has 0 aliphatic carbocycles. The number of amides is 3. The zero-order valence-electron chi connectivity index (χ0n) is 17.5. The largest absolute Gasteiger partial charge is 0.392 e. The topological polar surface area (TPSA) is 93.6 Å². The van der Waals surface area contributed by atoms with E-state index in [-0.39, 0.29) is 17.7 Å². The molecule has 5 aliphatic rings. The van der Waals surface area contributed by atoms with Crippen molar-refractivity contribution in [3.8, 4) is 0 Å². The molecule has 3 amide bonds. The number of hydrogen-bond donors (Lipinski definition) is 1. The van der Waals surface area contributed by atoms with Gasteiger partial charge in [0.15, 0.2) is 0 Å². The Labute approximate surface area is 176 Å². The van der Waals surface area contributed by atoms with Crippen LogP contribution >= 0.6 is 0 Å². The summed E-state index contributed by atoms with van der Waals surface area (Å²) in [6, 6.07) is 0.0124. The Bertz CT molecular complexity index is 718. The molecule has 9 nitrogen and oxygen atoms in total. The van der Waals surface area contributed by atoms with Gasteiger partial charge in [0.05, 0.1) is 12.1 Å². The van der Waals surface area contributed by atoms with Gasteiger partial charge in [-0.25, -0.2) is 0 Å². The molecule has 9 heteroatoms. The normalized spacial score (nSPS) is 32.9. The minimum Gasteiger partial charge on any atom is -0.392 e. The van der Waals surface area contributed by atoms with Crippen LogP contribution in [0.3, 0.4) is 0 Å². The summed E-state index contributed by atoms with van der Waals surface area (Å²) in [6.45, 7) is 4.85. The van der Waals surface area contributed by atoms with Gasteiger partial charge in [-0.2, -0.15) is 0 Å². The standard InChI is InChI=1S/C21H32N4O5/c26-16-11-17-19(28)24(8-2-7-22-6-1-3-18(22)27)20(29)21(25(17)12-16)13-23(14-21)15-4-9-30-10-5-15/h15-17,26H,1-14H2. The number of fused-ring (bicyclic) bond motifs is 2. The number of β-amino-alcohol motifs (C(OH)–C–C–N with tert-alkyl or cyclic N) is 1. The lowest BCUT2D eigenvalue weighted by molar-refractivity contribution is -0.184. The molecule has 166 valence electrons. The highest BCUT2D eigenvalue weighted by atomic mass is 16.5. The quantitative estimate of drug-likeness (QED) is 0.573. The summed E-state index contributed by atoms with van der Waals surface area (Å²) in [6.07, 6.45) is 3.88. The van der Waals surface area contributed by atoms with Gasteiger partial charge < -0.3 is 14.7 Å². The molecule has 5 saturated heterocycles. The number of aliphatic hydroxyl groups is 1. The highest BCUT2D eigenvalue weighted by Gasteiger charge is 2.64. The Morgan fingerprint density at radius 2 is 1.87 bits per heavy atom. The second kappa shape index (κ2) is 7.85. The molecule has 2 atom stereocenters. The minimum atomic E-state index is -0.697. The van der Waals surface area contributed by atoms with Crippen LogP contribution in [0, 0.1) is 0 Å². The lowest BCUT2D eigenvalue weighted by Crippen LogP contribution is -2.82. The fourth-order valence-corrected chi connectivity index (χ4v) is 6.00. The molecule has 2 unspecified atom stereocenters.